The predicted molar refractivity (Wildman–Crippen MR) is 226 cm³/mol. The monoisotopic (exact) mass is 826 g/mol. The first kappa shape index (κ1) is 40.6. The van der Waals surface area contributed by atoms with Crippen LogP contribution in [-0.2, 0) is 0 Å². The molecular formula is C44H66ClIN5+. The molecule has 5 nitrogen and oxygen atoms in total. The molecule has 0 radical (unpaired) electrons. The lowest BCUT2D eigenvalue weighted by atomic mass is 9.85. The van der Waals surface area contributed by atoms with Crippen LogP contribution < -0.4 is 9.74 Å². The second-order valence-corrected chi connectivity index (χ2v) is 17.8. The van der Waals surface area contributed by atoms with Crippen LogP contribution in [0, 0.1) is 49.4 Å². The highest BCUT2D eigenvalue weighted by Crippen LogP contribution is 2.52. The maximum atomic E-state index is 4.68. The van der Waals surface area contributed by atoms with Gasteiger partial charge < -0.3 is 0 Å². The van der Waals surface area contributed by atoms with Gasteiger partial charge in [-0.1, -0.05) is 50.7 Å². The fourth-order valence-electron chi connectivity index (χ4n) is 11.0. The van der Waals surface area contributed by atoms with Crippen molar-refractivity contribution in [2.24, 2.45) is 40.8 Å². The first-order chi connectivity index (χ1) is 24.2. The van der Waals surface area contributed by atoms with Crippen LogP contribution in [0.1, 0.15) is 142 Å². The smallest absolute Gasteiger partial charge is 0.226 e. The van der Waals surface area contributed by atoms with Crippen LogP contribution in [0.4, 0.5) is 5.82 Å². The maximum Gasteiger partial charge on any atom is 0.226 e. The molecule has 6 aliphatic carbocycles. The number of hydrogen-bond acceptors (Lipinski definition) is 4. The third-order valence-electron chi connectivity index (χ3n) is 13.6. The number of pyridine rings is 3. The van der Waals surface area contributed by atoms with E-state index in [0.29, 0.717) is 0 Å². The summed E-state index contributed by atoms with van der Waals surface area (Å²) < 4.78 is 0.803. The van der Waals surface area contributed by atoms with Gasteiger partial charge in [-0.15, -0.1) is 24.0 Å². The first-order valence-corrected chi connectivity index (χ1v) is 20.5. The highest BCUT2D eigenvalue weighted by atomic mass is 127. The van der Waals surface area contributed by atoms with Gasteiger partial charge in [0.25, 0.3) is 0 Å². The summed E-state index contributed by atoms with van der Waals surface area (Å²) >= 11 is 4.14. The van der Waals surface area contributed by atoms with Crippen molar-refractivity contribution < 1.29 is 0 Å². The first-order valence-electron chi connectivity index (χ1n) is 20.0. The summed E-state index contributed by atoms with van der Waals surface area (Å²) in [5, 5.41) is 3.97. The average Bonchev–Trinajstić information content (AvgIpc) is 3.72. The van der Waals surface area contributed by atoms with Crippen molar-refractivity contribution in [2.75, 3.05) is 21.1 Å². The van der Waals surface area contributed by atoms with Gasteiger partial charge in [-0.2, -0.15) is 0 Å². The number of hydrogen-bond donors (Lipinski definition) is 1. The quantitative estimate of drug-likeness (QED) is 0.162. The normalized spacial score (nSPS) is 31.5. The van der Waals surface area contributed by atoms with Crippen LogP contribution in [0.2, 0.25) is 0 Å². The van der Waals surface area contributed by atoms with Gasteiger partial charge in [0.15, 0.2) is 0 Å². The van der Waals surface area contributed by atoms with E-state index in [9.17, 15) is 0 Å². The molecule has 9 unspecified atom stereocenters. The van der Waals surface area contributed by atoms with Gasteiger partial charge in [-0.25, -0.2) is 10.2 Å². The van der Waals surface area contributed by atoms with Crippen molar-refractivity contribution in [2.45, 2.75) is 128 Å². The maximum absolute atomic E-state index is 4.68. The Labute approximate surface area is 332 Å². The molecule has 2 N–H and O–H groups in total. The summed E-state index contributed by atoms with van der Waals surface area (Å²) in [6, 6.07) is 13.5. The fraction of sp³-hybridized carbons (Fsp3) is 0.659. The van der Waals surface area contributed by atoms with E-state index in [4.69, 9.17) is 0 Å². The molecule has 0 saturated heterocycles. The third kappa shape index (κ3) is 10.3. The Hall–Kier alpha value is -1.61. The molecule has 3 heterocycles. The molecule has 0 amide bonds. The highest BCUT2D eigenvalue weighted by molar-refractivity contribution is 14.0. The molecule has 9 atom stereocenters. The van der Waals surface area contributed by atoms with Gasteiger partial charge in [0.2, 0.25) is 5.82 Å². The molecule has 0 aliphatic heterocycles. The molecule has 6 bridgehead atoms. The summed E-state index contributed by atoms with van der Waals surface area (Å²) in [5.41, 5.74) is 6.76. The predicted octanol–water partition coefficient (Wildman–Crippen LogP) is 11.7. The second kappa shape index (κ2) is 18.6. The van der Waals surface area contributed by atoms with Gasteiger partial charge in [-0.3, -0.25) is 14.5 Å². The molecule has 0 aromatic carbocycles. The standard InChI is InChI=1S/C16H25N2.2C14H19N.ClH2N.HI/c1-18(2,3)16-8-7-14(11-17-16)15-10-12-5-4-6-13(15)9-12;2*1-10-5-6-13(9-15-10)14-8-11-3-2-4-12(14)7-11;1-2;/h7-8,11-13,15H,4-6,9-10H2,1-3H3;2*5-6,9,11-12,14H,2-4,7-8H2,1H3;2H2;1H/q+1;;;;. The zero-order valence-electron chi connectivity index (χ0n) is 32.2. The van der Waals surface area contributed by atoms with Crippen molar-refractivity contribution in [1.82, 2.24) is 19.4 Å². The summed E-state index contributed by atoms with van der Waals surface area (Å²) in [4.78, 5) is 13.6. The number of nitrogens with zero attached hydrogens (tertiary/aromatic N) is 4. The van der Waals surface area contributed by atoms with Crippen LogP contribution in [-0.4, -0.2) is 36.1 Å². The van der Waals surface area contributed by atoms with Crippen molar-refractivity contribution in [3.05, 3.63) is 83.1 Å². The van der Waals surface area contributed by atoms with E-state index < -0.39 is 0 Å². The molecule has 7 heteroatoms. The number of fused-ring (bicyclic) bond motifs is 6. The largest absolute Gasteiger partial charge is 0.282 e. The van der Waals surface area contributed by atoms with E-state index in [1.165, 1.54) is 113 Å². The number of rotatable bonds is 4. The lowest BCUT2D eigenvalue weighted by molar-refractivity contribution is 0.350. The van der Waals surface area contributed by atoms with Crippen molar-refractivity contribution in [3.63, 3.8) is 0 Å². The topological polar surface area (TPSA) is 64.7 Å². The van der Waals surface area contributed by atoms with Gasteiger partial charge >= 0.3 is 0 Å². The van der Waals surface area contributed by atoms with Gasteiger partial charge in [-0.05, 0) is 172 Å². The second-order valence-electron chi connectivity index (χ2n) is 17.8. The molecule has 6 aliphatic rings. The van der Waals surface area contributed by atoms with E-state index >= 15 is 0 Å². The van der Waals surface area contributed by atoms with Crippen LogP contribution in [0.25, 0.3) is 0 Å². The molecule has 6 fully saturated rings. The molecule has 6 saturated carbocycles. The van der Waals surface area contributed by atoms with E-state index in [1.54, 1.807) is 0 Å². The van der Waals surface area contributed by atoms with Crippen molar-refractivity contribution >= 4 is 41.6 Å². The Kier molecular flexibility index (Phi) is 14.8. The molecule has 0 spiro atoms. The Balaban J connectivity index is 0.000000144. The third-order valence-corrected chi connectivity index (χ3v) is 13.6. The summed E-state index contributed by atoms with van der Waals surface area (Å²) in [6.07, 6.45) is 28.2. The number of aryl methyl sites for hydroxylation is 2. The molecular weight excluding hydrogens is 761 g/mol. The minimum atomic E-state index is 0. The van der Waals surface area contributed by atoms with E-state index in [2.05, 4.69) is 122 Å². The highest BCUT2D eigenvalue weighted by Gasteiger charge is 2.39. The minimum Gasteiger partial charge on any atom is -0.282 e. The Morgan fingerprint density at radius 3 is 1.14 bits per heavy atom. The van der Waals surface area contributed by atoms with Gasteiger partial charge in [0.05, 0.1) is 21.1 Å². The van der Waals surface area contributed by atoms with Gasteiger partial charge in [0.1, 0.15) is 0 Å². The minimum absolute atomic E-state index is 0. The number of nitrogens with two attached hydrogens (primary N) is 1. The fourth-order valence-corrected chi connectivity index (χ4v) is 11.0. The zero-order chi connectivity index (χ0) is 35.3. The number of aromatic nitrogens is 3. The van der Waals surface area contributed by atoms with Crippen LogP contribution >= 0.6 is 35.8 Å². The van der Waals surface area contributed by atoms with E-state index in [1.807, 2.05) is 0 Å². The van der Waals surface area contributed by atoms with Crippen LogP contribution in [0.3, 0.4) is 0 Å². The Morgan fingerprint density at radius 2 is 0.863 bits per heavy atom. The van der Waals surface area contributed by atoms with Crippen molar-refractivity contribution in [1.29, 1.82) is 0 Å². The molecule has 280 valence electrons. The zero-order valence-corrected chi connectivity index (χ0v) is 35.2. The van der Waals surface area contributed by atoms with Gasteiger partial charge in [0, 0.05) is 36.0 Å². The van der Waals surface area contributed by atoms with Crippen LogP contribution in [0.15, 0.2) is 55.0 Å². The van der Waals surface area contributed by atoms with E-state index in [-0.39, 0.29) is 24.0 Å². The van der Waals surface area contributed by atoms with E-state index in [0.717, 1.165) is 74.9 Å². The molecule has 3 aromatic rings. The Bertz CT molecular complexity index is 1400. The van der Waals surface area contributed by atoms with Crippen LogP contribution in [0.5, 0.6) is 0 Å². The number of halogens is 2. The van der Waals surface area contributed by atoms with Crippen molar-refractivity contribution in [3.8, 4) is 0 Å². The Morgan fingerprint density at radius 1 is 0.510 bits per heavy atom. The lowest BCUT2D eigenvalue weighted by Crippen LogP contribution is -2.35. The summed E-state index contributed by atoms with van der Waals surface area (Å²) in [6.45, 7) is 4.13. The summed E-state index contributed by atoms with van der Waals surface area (Å²) in [5.74, 6) is 9.53. The average molecular weight is 827 g/mol. The number of quaternary nitrogens is 1. The molecule has 51 heavy (non-hydrogen) atoms. The SMILES string of the molecule is C[N+](C)(C)c1ccc(C2CC3CCCC2C3)cn1.Cc1ccc(C2CC3CCCC2C3)cn1.Cc1ccc(C2CC3CCCC2C3)cn1.I.NCl. The summed E-state index contributed by atoms with van der Waals surface area (Å²) in [7, 11) is 6.51. The molecule has 3 aromatic heterocycles. The lowest BCUT2D eigenvalue weighted by Gasteiger charge is -2.23. The molecule has 9 rings (SSSR count).